The first kappa shape index (κ1) is 11.5. The monoisotopic (exact) mass is 225 g/mol. The minimum absolute atomic E-state index is 0.353. The highest BCUT2D eigenvalue weighted by Gasteiger charge is 2.36. The number of aromatic nitrogens is 2. The first-order valence-electron chi connectivity index (χ1n) is 5.81. The zero-order chi connectivity index (χ0) is 11.6. The van der Waals surface area contributed by atoms with E-state index in [9.17, 15) is 0 Å². The van der Waals surface area contributed by atoms with Crippen LogP contribution in [0.25, 0.3) is 0 Å². The standard InChI is InChI=1S/C11H19N3O2/c1-8(7-12)6-9-13-10(14-16-9)11(2)4-3-5-15-11/h8H,3-7,12H2,1-2H3. The van der Waals surface area contributed by atoms with Crippen molar-refractivity contribution in [2.75, 3.05) is 13.2 Å². The molecule has 0 spiro atoms. The Bertz CT molecular complexity index is 345. The van der Waals surface area contributed by atoms with Gasteiger partial charge in [0.15, 0.2) is 0 Å². The van der Waals surface area contributed by atoms with Gasteiger partial charge in [0.2, 0.25) is 11.7 Å². The van der Waals surface area contributed by atoms with Gasteiger partial charge >= 0.3 is 0 Å². The van der Waals surface area contributed by atoms with Gasteiger partial charge in [-0.25, -0.2) is 0 Å². The van der Waals surface area contributed by atoms with Crippen LogP contribution in [0.3, 0.4) is 0 Å². The van der Waals surface area contributed by atoms with Gasteiger partial charge in [-0.1, -0.05) is 12.1 Å². The molecule has 0 bridgehead atoms. The Hall–Kier alpha value is -0.940. The van der Waals surface area contributed by atoms with Crippen LogP contribution in [0.2, 0.25) is 0 Å². The zero-order valence-corrected chi connectivity index (χ0v) is 9.90. The van der Waals surface area contributed by atoms with E-state index in [-0.39, 0.29) is 5.60 Å². The third kappa shape index (κ3) is 2.25. The lowest BCUT2D eigenvalue weighted by Crippen LogP contribution is -2.21. The van der Waals surface area contributed by atoms with Crippen LogP contribution in [0.5, 0.6) is 0 Å². The summed E-state index contributed by atoms with van der Waals surface area (Å²) in [5, 5.41) is 4.01. The highest BCUT2D eigenvalue weighted by molar-refractivity contribution is 5.01. The van der Waals surface area contributed by atoms with E-state index >= 15 is 0 Å². The second-order valence-electron chi connectivity index (χ2n) is 4.74. The largest absolute Gasteiger partial charge is 0.367 e. The Morgan fingerprint density at radius 1 is 1.56 bits per heavy atom. The van der Waals surface area contributed by atoms with Crippen LogP contribution >= 0.6 is 0 Å². The summed E-state index contributed by atoms with van der Waals surface area (Å²) >= 11 is 0. The molecular formula is C11H19N3O2. The normalized spacial score (nSPS) is 27.2. The van der Waals surface area contributed by atoms with Gasteiger partial charge in [-0.15, -0.1) is 0 Å². The number of ether oxygens (including phenoxy) is 1. The van der Waals surface area contributed by atoms with Crippen molar-refractivity contribution in [2.45, 2.75) is 38.7 Å². The van der Waals surface area contributed by atoms with Crippen molar-refractivity contribution in [1.29, 1.82) is 0 Å². The van der Waals surface area contributed by atoms with E-state index in [0.29, 0.717) is 24.2 Å². The Morgan fingerprint density at radius 3 is 3.00 bits per heavy atom. The van der Waals surface area contributed by atoms with Crippen LogP contribution < -0.4 is 5.73 Å². The maximum absolute atomic E-state index is 5.66. The predicted octanol–water partition coefficient (Wildman–Crippen LogP) is 1.23. The molecule has 1 aliphatic rings. The quantitative estimate of drug-likeness (QED) is 0.834. The van der Waals surface area contributed by atoms with E-state index < -0.39 is 0 Å². The summed E-state index contributed by atoms with van der Waals surface area (Å²) in [6, 6.07) is 0. The molecule has 2 heterocycles. The lowest BCUT2D eigenvalue weighted by Gasteiger charge is -2.17. The molecule has 0 aliphatic carbocycles. The van der Waals surface area contributed by atoms with E-state index in [1.54, 1.807) is 0 Å². The smallest absolute Gasteiger partial charge is 0.227 e. The Balaban J connectivity index is 2.07. The van der Waals surface area contributed by atoms with Crippen LogP contribution in [0.15, 0.2) is 4.52 Å². The summed E-state index contributed by atoms with van der Waals surface area (Å²) in [5.74, 6) is 1.69. The summed E-state index contributed by atoms with van der Waals surface area (Å²) < 4.78 is 10.9. The molecule has 1 aliphatic heterocycles. The van der Waals surface area contributed by atoms with E-state index in [1.165, 1.54) is 0 Å². The molecule has 0 saturated carbocycles. The molecule has 2 rings (SSSR count). The SMILES string of the molecule is CC(CN)Cc1nc(C2(C)CCCO2)no1. The van der Waals surface area contributed by atoms with Gasteiger partial charge in [-0.05, 0) is 32.2 Å². The van der Waals surface area contributed by atoms with Crippen molar-refractivity contribution in [3.63, 3.8) is 0 Å². The van der Waals surface area contributed by atoms with Gasteiger partial charge < -0.3 is 15.0 Å². The van der Waals surface area contributed by atoms with Crippen molar-refractivity contribution in [3.8, 4) is 0 Å². The third-order valence-corrected chi connectivity index (χ3v) is 3.09. The highest BCUT2D eigenvalue weighted by Crippen LogP contribution is 2.33. The maximum atomic E-state index is 5.66. The Morgan fingerprint density at radius 2 is 2.38 bits per heavy atom. The molecule has 0 amide bonds. The van der Waals surface area contributed by atoms with Crippen LogP contribution in [0.4, 0.5) is 0 Å². The Kier molecular flexibility index (Phi) is 3.25. The van der Waals surface area contributed by atoms with E-state index in [4.69, 9.17) is 15.0 Å². The summed E-state index contributed by atoms with van der Waals surface area (Å²) in [6.07, 6.45) is 2.75. The number of hydrogen-bond acceptors (Lipinski definition) is 5. The molecule has 1 saturated heterocycles. The fraction of sp³-hybridized carbons (Fsp3) is 0.818. The predicted molar refractivity (Wildman–Crippen MR) is 58.8 cm³/mol. The van der Waals surface area contributed by atoms with Gasteiger partial charge in [0.25, 0.3) is 0 Å². The lowest BCUT2D eigenvalue weighted by molar-refractivity contribution is 0.00768. The molecule has 0 aromatic carbocycles. The fourth-order valence-corrected chi connectivity index (χ4v) is 1.89. The summed E-state index contributed by atoms with van der Waals surface area (Å²) in [5.41, 5.74) is 5.21. The average molecular weight is 225 g/mol. The molecule has 1 aromatic rings. The molecule has 2 unspecified atom stereocenters. The first-order valence-corrected chi connectivity index (χ1v) is 5.81. The van der Waals surface area contributed by atoms with E-state index in [0.717, 1.165) is 25.9 Å². The topological polar surface area (TPSA) is 74.2 Å². The lowest BCUT2D eigenvalue weighted by atomic mass is 10.0. The molecule has 5 heteroatoms. The first-order chi connectivity index (χ1) is 7.64. The molecule has 1 fully saturated rings. The number of hydrogen-bond donors (Lipinski definition) is 1. The van der Waals surface area contributed by atoms with Gasteiger partial charge in [0.1, 0.15) is 5.60 Å². The minimum atomic E-state index is -0.353. The maximum Gasteiger partial charge on any atom is 0.227 e. The van der Waals surface area contributed by atoms with Gasteiger partial charge in [-0.3, -0.25) is 0 Å². The Labute approximate surface area is 95.3 Å². The van der Waals surface area contributed by atoms with Crippen molar-refractivity contribution >= 4 is 0 Å². The zero-order valence-electron chi connectivity index (χ0n) is 9.90. The molecule has 5 nitrogen and oxygen atoms in total. The molecule has 2 atom stereocenters. The van der Waals surface area contributed by atoms with Gasteiger partial charge in [0.05, 0.1) is 0 Å². The summed E-state index contributed by atoms with van der Waals surface area (Å²) in [6.45, 7) is 5.49. The van der Waals surface area contributed by atoms with Crippen molar-refractivity contribution < 1.29 is 9.26 Å². The average Bonchev–Trinajstić information content (AvgIpc) is 2.88. The van der Waals surface area contributed by atoms with E-state index in [1.807, 2.05) is 6.92 Å². The highest BCUT2D eigenvalue weighted by atomic mass is 16.5. The van der Waals surface area contributed by atoms with Crippen LogP contribution in [-0.4, -0.2) is 23.3 Å². The van der Waals surface area contributed by atoms with Gasteiger partial charge in [0, 0.05) is 13.0 Å². The van der Waals surface area contributed by atoms with E-state index in [2.05, 4.69) is 17.1 Å². The molecule has 0 radical (unpaired) electrons. The van der Waals surface area contributed by atoms with Crippen LogP contribution in [0.1, 0.15) is 38.4 Å². The van der Waals surface area contributed by atoms with Crippen LogP contribution in [0, 0.1) is 5.92 Å². The van der Waals surface area contributed by atoms with Crippen molar-refractivity contribution in [2.24, 2.45) is 11.7 Å². The minimum Gasteiger partial charge on any atom is -0.367 e. The molecule has 90 valence electrons. The second kappa shape index (κ2) is 4.51. The summed E-state index contributed by atoms with van der Waals surface area (Å²) in [4.78, 5) is 4.39. The number of nitrogens with two attached hydrogens (primary N) is 1. The van der Waals surface area contributed by atoms with Crippen molar-refractivity contribution in [1.82, 2.24) is 10.1 Å². The second-order valence-corrected chi connectivity index (χ2v) is 4.74. The summed E-state index contributed by atoms with van der Waals surface area (Å²) in [7, 11) is 0. The molecule has 1 aromatic heterocycles. The van der Waals surface area contributed by atoms with Crippen molar-refractivity contribution in [3.05, 3.63) is 11.7 Å². The van der Waals surface area contributed by atoms with Gasteiger partial charge in [-0.2, -0.15) is 4.98 Å². The van der Waals surface area contributed by atoms with Crippen LogP contribution in [-0.2, 0) is 16.8 Å². The molecule has 2 N–H and O–H groups in total. The fourth-order valence-electron chi connectivity index (χ4n) is 1.89. The third-order valence-electron chi connectivity index (χ3n) is 3.09. The molecule has 16 heavy (non-hydrogen) atoms. The molecular weight excluding hydrogens is 206 g/mol. The number of nitrogens with zero attached hydrogens (tertiary/aromatic N) is 2. The number of rotatable bonds is 4.